The Hall–Kier alpha value is -1.95. The van der Waals surface area contributed by atoms with Crippen molar-refractivity contribution in [2.75, 3.05) is 32.7 Å². The summed E-state index contributed by atoms with van der Waals surface area (Å²) >= 11 is -2.01. The van der Waals surface area contributed by atoms with Gasteiger partial charge < -0.3 is 0 Å². The van der Waals surface area contributed by atoms with E-state index in [0.717, 1.165) is 9.80 Å². The zero-order chi connectivity index (χ0) is 17.3. The topological polar surface area (TPSA) is 173 Å². The van der Waals surface area contributed by atoms with Crippen molar-refractivity contribution in [1.29, 1.82) is 0 Å². The first-order valence-corrected chi connectivity index (χ1v) is 7.00. The van der Waals surface area contributed by atoms with Gasteiger partial charge >= 0.3 is 130 Å². The molecule has 0 bridgehead atoms. The zero-order valence-corrected chi connectivity index (χ0v) is 12.6. The zero-order valence-electron chi connectivity index (χ0n) is 11.2. The number of rotatable bonds is 11. The van der Waals surface area contributed by atoms with Crippen molar-refractivity contribution in [2.45, 2.75) is 0 Å². The van der Waals surface area contributed by atoms with Crippen molar-refractivity contribution in [3.05, 3.63) is 0 Å². The van der Waals surface area contributed by atoms with E-state index >= 15 is 0 Å². The van der Waals surface area contributed by atoms with E-state index in [-0.39, 0.29) is 13.1 Å². The fraction of sp³-hybridized carbons (Fsp3) is 0.500. The Morgan fingerprint density at radius 1 is 0.773 bits per heavy atom. The number of carboxylic acids is 4. The van der Waals surface area contributed by atoms with Crippen LogP contribution in [0.15, 0.2) is 0 Å². The maximum atomic E-state index is 10.9. The molecular weight excluding hydrogens is 343 g/mol. The normalized spacial score (nSPS) is 10.3. The first-order chi connectivity index (χ1) is 10.2. The van der Waals surface area contributed by atoms with Gasteiger partial charge in [0.05, 0.1) is 0 Å². The van der Waals surface area contributed by atoms with Gasteiger partial charge in [-0.2, -0.15) is 0 Å². The fourth-order valence-corrected chi connectivity index (χ4v) is 2.08. The van der Waals surface area contributed by atoms with Gasteiger partial charge in [0, 0.05) is 0 Å². The fourth-order valence-electron chi connectivity index (χ4n) is 1.51. The monoisotopic (exact) mass is 357 g/mol. The molecule has 123 valence electrons. The number of hydrogen-bond donors (Lipinski definition) is 4. The van der Waals surface area contributed by atoms with Gasteiger partial charge in [-0.25, -0.2) is 0 Å². The van der Waals surface area contributed by atoms with Gasteiger partial charge in [0.25, 0.3) is 0 Å². The summed E-state index contributed by atoms with van der Waals surface area (Å²) in [5, 5.41) is 34.9. The Labute approximate surface area is 130 Å². The first kappa shape index (κ1) is 20.1. The van der Waals surface area contributed by atoms with Gasteiger partial charge in [0.1, 0.15) is 0 Å². The average molecular weight is 357 g/mol. The van der Waals surface area contributed by atoms with Crippen molar-refractivity contribution >= 4 is 28.2 Å². The third kappa shape index (κ3) is 8.37. The predicted molar refractivity (Wildman–Crippen MR) is 64.2 cm³/mol. The van der Waals surface area contributed by atoms with Crippen LogP contribution in [0.1, 0.15) is 0 Å². The summed E-state index contributed by atoms with van der Waals surface area (Å²) in [6, 6.07) is 0. The molecular formula is C10H14N2O9V. The van der Waals surface area contributed by atoms with Crippen LogP contribution in [-0.2, 0) is 38.6 Å². The molecule has 0 aliphatic rings. The van der Waals surface area contributed by atoms with Crippen LogP contribution < -0.4 is 0 Å². The second-order valence-corrected chi connectivity index (χ2v) is 4.98. The van der Waals surface area contributed by atoms with Crippen molar-refractivity contribution in [3.8, 4) is 0 Å². The minimum atomic E-state index is -2.01. The van der Waals surface area contributed by atoms with Crippen LogP contribution >= 0.6 is 0 Å². The van der Waals surface area contributed by atoms with Crippen molar-refractivity contribution in [1.82, 2.24) is 9.80 Å². The molecule has 0 aliphatic heterocycles. The van der Waals surface area contributed by atoms with Gasteiger partial charge in [0.15, 0.2) is 0 Å². The van der Waals surface area contributed by atoms with Crippen LogP contribution in [0.4, 0.5) is 0 Å². The second kappa shape index (κ2) is 9.89. The molecule has 22 heavy (non-hydrogen) atoms. The molecule has 0 heterocycles. The molecule has 0 unspecified atom stereocenters. The summed E-state index contributed by atoms with van der Waals surface area (Å²) in [6.45, 7) is -2.47. The molecule has 0 fully saturated rings. The SMILES string of the molecule is [O]=[V]=[C](C(=O)O)N(CCN(CC(=O)O)CC(=O)O)CC(=O)O. The molecule has 11 nitrogen and oxygen atoms in total. The Bertz CT molecular complexity index is 499. The third-order valence-corrected chi connectivity index (χ3v) is 3.32. The molecule has 0 radical (unpaired) electrons. The van der Waals surface area contributed by atoms with Crippen molar-refractivity contribution in [3.63, 3.8) is 0 Å². The van der Waals surface area contributed by atoms with E-state index in [1.165, 1.54) is 0 Å². The van der Waals surface area contributed by atoms with Crippen LogP contribution in [0.25, 0.3) is 0 Å². The number of aliphatic carboxylic acids is 4. The number of carbonyl (C=O) groups is 4. The molecule has 0 spiro atoms. The summed E-state index contributed by atoms with van der Waals surface area (Å²) < 4.78 is 10.3. The van der Waals surface area contributed by atoms with E-state index in [0.29, 0.717) is 0 Å². The average Bonchev–Trinajstić information content (AvgIpc) is 2.33. The summed E-state index contributed by atoms with van der Waals surface area (Å²) in [7, 11) is 0. The van der Waals surface area contributed by atoms with Gasteiger partial charge in [-0.3, -0.25) is 0 Å². The summed E-state index contributed by atoms with van der Waals surface area (Å²) in [4.78, 5) is 44.7. The molecule has 0 rings (SSSR count). The first-order valence-electron chi connectivity index (χ1n) is 5.73. The molecule has 0 atom stereocenters. The van der Waals surface area contributed by atoms with E-state index in [1.54, 1.807) is 0 Å². The number of carboxylic acid groups (broad SMARTS) is 4. The minimum absolute atomic E-state index is 0.218. The standard InChI is InChI=1S/C10H14N2O8.O.V/c13-7(14)3-11(4-8(15)16)1-2-12(5-9(17)18)6-10(19)20;;/h1-5H2,(H,13,14)(H,15,16)(H,17,18)(H,19,20);;. The molecule has 0 aliphatic carbocycles. The van der Waals surface area contributed by atoms with E-state index in [4.69, 9.17) is 20.4 Å². The quantitative estimate of drug-likeness (QED) is 0.307. The van der Waals surface area contributed by atoms with Crippen LogP contribution in [0, 0.1) is 0 Å². The molecule has 0 aromatic heterocycles. The molecule has 4 N–H and O–H groups in total. The summed E-state index contributed by atoms with van der Waals surface area (Å²) in [5.74, 6) is -5.48. The number of nitrogens with zero attached hydrogens (tertiary/aromatic N) is 2. The van der Waals surface area contributed by atoms with Gasteiger partial charge in [-0.05, 0) is 0 Å². The molecule has 12 heteroatoms. The maximum absolute atomic E-state index is 10.9. The van der Waals surface area contributed by atoms with Crippen LogP contribution in [-0.4, -0.2) is 91.2 Å². The van der Waals surface area contributed by atoms with E-state index in [9.17, 15) is 22.9 Å². The van der Waals surface area contributed by atoms with Crippen LogP contribution in [0.3, 0.4) is 0 Å². The Kier molecular flexibility index (Phi) is 9.02. The summed E-state index contributed by atoms with van der Waals surface area (Å²) in [5.41, 5.74) is 0. The summed E-state index contributed by atoms with van der Waals surface area (Å²) in [6.07, 6.45) is 0. The van der Waals surface area contributed by atoms with Crippen LogP contribution in [0.2, 0.25) is 0 Å². The number of hydrogen-bond acceptors (Lipinski definition) is 7. The van der Waals surface area contributed by atoms with E-state index in [1.807, 2.05) is 0 Å². The molecule has 0 aromatic carbocycles. The van der Waals surface area contributed by atoms with Crippen LogP contribution in [0.5, 0.6) is 0 Å². The predicted octanol–water partition coefficient (Wildman–Crippen LogP) is -2.51. The molecule has 0 amide bonds. The van der Waals surface area contributed by atoms with E-state index in [2.05, 4.69) is 0 Å². The Morgan fingerprint density at radius 2 is 1.23 bits per heavy atom. The van der Waals surface area contributed by atoms with Gasteiger partial charge in [-0.1, -0.05) is 0 Å². The Morgan fingerprint density at radius 3 is 1.55 bits per heavy atom. The van der Waals surface area contributed by atoms with Gasteiger partial charge in [0.2, 0.25) is 0 Å². The van der Waals surface area contributed by atoms with Gasteiger partial charge in [-0.15, -0.1) is 0 Å². The molecule has 0 saturated heterocycles. The third-order valence-electron chi connectivity index (χ3n) is 2.31. The van der Waals surface area contributed by atoms with Crippen molar-refractivity contribution < 1.29 is 59.1 Å². The Balaban J connectivity index is 5.00. The van der Waals surface area contributed by atoms with E-state index < -0.39 is 63.7 Å². The second-order valence-electron chi connectivity index (χ2n) is 4.03. The van der Waals surface area contributed by atoms with Crippen molar-refractivity contribution in [2.24, 2.45) is 0 Å². The molecule has 0 saturated carbocycles. The molecule has 0 aromatic rings.